The average molecular weight is 428 g/mol. The molecule has 2 aromatic heterocycles. The van der Waals surface area contributed by atoms with E-state index in [1.165, 1.54) is 6.07 Å². The lowest BCUT2D eigenvalue weighted by molar-refractivity contribution is -0.137. The highest BCUT2D eigenvalue weighted by molar-refractivity contribution is 5.88. The van der Waals surface area contributed by atoms with Crippen LogP contribution in [0, 0.1) is 12.8 Å². The van der Waals surface area contributed by atoms with Gasteiger partial charge in [0.2, 0.25) is 0 Å². The summed E-state index contributed by atoms with van der Waals surface area (Å²) in [5, 5.41) is 3.88. The van der Waals surface area contributed by atoms with E-state index in [-0.39, 0.29) is 17.6 Å². The van der Waals surface area contributed by atoms with Crippen molar-refractivity contribution in [2.24, 2.45) is 5.92 Å². The van der Waals surface area contributed by atoms with Crippen LogP contribution in [0.3, 0.4) is 0 Å². The third kappa shape index (κ3) is 3.58. The molecule has 2 heterocycles. The molecule has 0 spiro atoms. The second kappa shape index (κ2) is 7.07. The highest BCUT2D eigenvalue weighted by Crippen LogP contribution is 2.52. The maximum atomic E-state index is 13.0. The van der Waals surface area contributed by atoms with Gasteiger partial charge in [-0.25, -0.2) is 9.97 Å². The minimum Gasteiger partial charge on any atom is -0.365 e. The first-order valence-electron chi connectivity index (χ1n) is 10.6. The van der Waals surface area contributed by atoms with Crippen molar-refractivity contribution in [1.82, 2.24) is 14.5 Å². The molecule has 0 amide bonds. The topological polar surface area (TPSA) is 59.8 Å². The fourth-order valence-corrected chi connectivity index (χ4v) is 5.27. The summed E-state index contributed by atoms with van der Waals surface area (Å²) >= 11 is 0. The fraction of sp³-hybridized carbons (Fsp3) is 0.435. The summed E-state index contributed by atoms with van der Waals surface area (Å²) < 4.78 is 40.9. The highest BCUT2D eigenvalue weighted by Gasteiger charge is 2.46. The van der Waals surface area contributed by atoms with Gasteiger partial charge in [0.25, 0.3) is 5.56 Å². The van der Waals surface area contributed by atoms with Crippen LogP contribution in [0.1, 0.15) is 49.1 Å². The number of nitrogens with one attached hydrogen (secondary N) is 1. The number of hydrogen-bond acceptors (Lipinski definition) is 4. The Balaban J connectivity index is 1.51. The van der Waals surface area contributed by atoms with Gasteiger partial charge in [0.1, 0.15) is 11.6 Å². The van der Waals surface area contributed by atoms with E-state index in [0.29, 0.717) is 34.0 Å². The number of aromatic nitrogens is 3. The third-order valence-corrected chi connectivity index (χ3v) is 6.77. The summed E-state index contributed by atoms with van der Waals surface area (Å²) in [7, 11) is 0. The fourth-order valence-electron chi connectivity index (χ4n) is 5.27. The summed E-state index contributed by atoms with van der Waals surface area (Å²) in [6.07, 6.45) is 2.79. The van der Waals surface area contributed by atoms with Gasteiger partial charge >= 0.3 is 6.18 Å². The number of alkyl halides is 3. The van der Waals surface area contributed by atoms with E-state index in [1.54, 1.807) is 19.1 Å². The Morgan fingerprint density at radius 3 is 2.65 bits per heavy atom. The maximum Gasteiger partial charge on any atom is 0.416 e. The Kier molecular flexibility index (Phi) is 4.57. The van der Waals surface area contributed by atoms with Crippen LogP contribution in [0.5, 0.6) is 0 Å². The number of benzene rings is 1. The standard InChI is InChI=1S/C23H23F3N4O/c1-14-28-19-10-20(31)30(22-7-5-15(11-22)6-8-22)13-18(19)21(29-14)27-12-16-3-2-4-17(9-16)23(24,25)26/h2-4,9-10,13,15H,5-8,11-12H2,1H3,(H,27,28,29). The Morgan fingerprint density at radius 1 is 1.19 bits per heavy atom. The summed E-state index contributed by atoms with van der Waals surface area (Å²) in [6, 6.07) is 6.79. The van der Waals surface area contributed by atoms with Crippen LogP contribution in [0.25, 0.3) is 10.9 Å². The summed E-state index contributed by atoms with van der Waals surface area (Å²) in [4.78, 5) is 21.8. The molecule has 31 heavy (non-hydrogen) atoms. The quantitative estimate of drug-likeness (QED) is 0.634. The van der Waals surface area contributed by atoms with Crippen LogP contribution in [0.4, 0.5) is 19.0 Å². The number of halogens is 3. The molecule has 0 atom stereocenters. The molecule has 0 aliphatic heterocycles. The van der Waals surface area contributed by atoms with Crippen molar-refractivity contribution in [2.75, 3.05) is 5.32 Å². The Hall–Kier alpha value is -2.90. The second-order valence-corrected chi connectivity index (χ2v) is 8.82. The van der Waals surface area contributed by atoms with Crippen LogP contribution in [0.2, 0.25) is 0 Å². The van der Waals surface area contributed by atoms with Gasteiger partial charge in [0.15, 0.2) is 0 Å². The lowest BCUT2D eigenvalue weighted by Crippen LogP contribution is -2.37. The second-order valence-electron chi connectivity index (χ2n) is 8.82. The first kappa shape index (κ1) is 20.0. The normalized spacial score (nSPS) is 22.9. The van der Waals surface area contributed by atoms with Crippen LogP contribution < -0.4 is 10.9 Å². The molecule has 0 radical (unpaired) electrons. The first-order chi connectivity index (χ1) is 14.7. The number of nitrogens with zero attached hydrogens (tertiary/aromatic N) is 3. The zero-order valence-electron chi connectivity index (χ0n) is 17.2. The van der Waals surface area contributed by atoms with Crippen molar-refractivity contribution in [3.8, 4) is 0 Å². The molecule has 2 aliphatic rings. The Bertz CT molecular complexity index is 1210. The minimum atomic E-state index is -4.38. The molecule has 2 saturated carbocycles. The molecule has 162 valence electrons. The molecule has 1 N–H and O–H groups in total. The number of hydrogen-bond donors (Lipinski definition) is 1. The van der Waals surface area contributed by atoms with Gasteiger partial charge in [-0.05, 0) is 62.6 Å². The molecular formula is C23H23F3N4O. The largest absolute Gasteiger partial charge is 0.416 e. The zero-order chi connectivity index (χ0) is 21.8. The van der Waals surface area contributed by atoms with Crippen molar-refractivity contribution < 1.29 is 13.2 Å². The van der Waals surface area contributed by atoms with Crippen LogP contribution in [-0.2, 0) is 18.3 Å². The molecule has 0 unspecified atom stereocenters. The van der Waals surface area contributed by atoms with Gasteiger partial charge in [-0.2, -0.15) is 13.2 Å². The molecule has 8 heteroatoms. The SMILES string of the molecule is Cc1nc(NCc2cccc(C(F)(F)F)c2)c2cn(C34CCC(CC3)C4)c(=O)cc2n1. The van der Waals surface area contributed by atoms with E-state index >= 15 is 0 Å². The first-order valence-corrected chi connectivity index (χ1v) is 10.6. The number of pyridine rings is 1. The number of rotatable bonds is 4. The van der Waals surface area contributed by atoms with Gasteiger partial charge in [0, 0.05) is 24.3 Å². The van der Waals surface area contributed by atoms with Gasteiger partial charge in [0.05, 0.1) is 16.5 Å². The molecule has 3 aromatic rings. The van der Waals surface area contributed by atoms with Gasteiger partial charge in [-0.1, -0.05) is 12.1 Å². The van der Waals surface area contributed by atoms with Crippen LogP contribution >= 0.6 is 0 Å². The Labute approximate surface area is 177 Å². The lowest BCUT2D eigenvalue weighted by atomic mass is 9.93. The highest BCUT2D eigenvalue weighted by atomic mass is 19.4. The van der Waals surface area contributed by atoms with Crippen molar-refractivity contribution in [3.05, 3.63) is 63.8 Å². The third-order valence-electron chi connectivity index (χ3n) is 6.77. The monoisotopic (exact) mass is 428 g/mol. The number of fused-ring (bicyclic) bond motifs is 3. The molecule has 0 saturated heterocycles. The van der Waals surface area contributed by atoms with Crippen molar-refractivity contribution in [1.29, 1.82) is 0 Å². The van der Waals surface area contributed by atoms with E-state index < -0.39 is 11.7 Å². The van der Waals surface area contributed by atoms with Crippen molar-refractivity contribution in [3.63, 3.8) is 0 Å². The van der Waals surface area contributed by atoms with E-state index in [2.05, 4.69) is 15.3 Å². The van der Waals surface area contributed by atoms with Gasteiger partial charge in [-0.15, -0.1) is 0 Å². The van der Waals surface area contributed by atoms with E-state index in [1.807, 2.05) is 10.8 Å². The predicted molar refractivity (Wildman–Crippen MR) is 112 cm³/mol. The van der Waals surface area contributed by atoms with E-state index in [4.69, 9.17) is 0 Å². The van der Waals surface area contributed by atoms with Gasteiger partial charge < -0.3 is 9.88 Å². The zero-order valence-corrected chi connectivity index (χ0v) is 17.2. The molecule has 1 aromatic carbocycles. The number of aryl methyl sites for hydroxylation is 1. The maximum absolute atomic E-state index is 13.0. The summed E-state index contributed by atoms with van der Waals surface area (Å²) in [5.74, 6) is 1.71. The number of anilines is 1. The average Bonchev–Trinajstić information content (AvgIpc) is 3.33. The minimum absolute atomic E-state index is 0.0584. The molecule has 2 aliphatic carbocycles. The predicted octanol–water partition coefficient (Wildman–Crippen LogP) is 5.02. The van der Waals surface area contributed by atoms with Crippen LogP contribution in [0.15, 0.2) is 41.3 Å². The molecular weight excluding hydrogens is 405 g/mol. The molecule has 5 nitrogen and oxygen atoms in total. The van der Waals surface area contributed by atoms with Gasteiger partial charge in [-0.3, -0.25) is 4.79 Å². The molecule has 2 bridgehead atoms. The van der Waals surface area contributed by atoms with Crippen molar-refractivity contribution in [2.45, 2.75) is 57.3 Å². The summed E-state index contributed by atoms with van der Waals surface area (Å²) in [5.41, 5.74) is 0.182. The van der Waals surface area contributed by atoms with Crippen molar-refractivity contribution >= 4 is 16.7 Å². The molecule has 5 rings (SSSR count). The lowest BCUT2D eigenvalue weighted by Gasteiger charge is -2.29. The Morgan fingerprint density at radius 2 is 1.97 bits per heavy atom. The molecule has 2 fully saturated rings. The summed E-state index contributed by atoms with van der Waals surface area (Å²) in [6.45, 7) is 1.92. The van der Waals surface area contributed by atoms with Crippen LogP contribution in [-0.4, -0.2) is 14.5 Å². The smallest absolute Gasteiger partial charge is 0.365 e. The van der Waals surface area contributed by atoms with E-state index in [9.17, 15) is 18.0 Å². The van der Waals surface area contributed by atoms with E-state index in [0.717, 1.165) is 44.2 Å².